The van der Waals surface area contributed by atoms with Crippen LogP contribution in [0.25, 0.3) is 4.85 Å². The summed E-state index contributed by atoms with van der Waals surface area (Å²) in [4.78, 5) is 4.31. The highest BCUT2D eigenvalue weighted by molar-refractivity contribution is 7.98. The molecule has 1 aromatic rings. The highest BCUT2D eigenvalue weighted by Gasteiger charge is 2.08. The first-order chi connectivity index (χ1) is 6.27. The van der Waals surface area contributed by atoms with Gasteiger partial charge in [-0.1, -0.05) is 12.1 Å². The zero-order chi connectivity index (χ0) is 9.68. The van der Waals surface area contributed by atoms with E-state index in [4.69, 9.17) is 6.57 Å². The van der Waals surface area contributed by atoms with Gasteiger partial charge in [-0.25, -0.2) is 6.57 Å². The molecule has 1 N–H and O–H groups in total. The molecular formula is C10H11NOS. The van der Waals surface area contributed by atoms with Gasteiger partial charge in [0.2, 0.25) is 6.54 Å². The van der Waals surface area contributed by atoms with E-state index in [1.54, 1.807) is 11.8 Å². The van der Waals surface area contributed by atoms with Crippen LogP contribution in [0.15, 0.2) is 29.2 Å². The fraction of sp³-hybridized carbons (Fsp3) is 0.300. The number of nitrogens with zero attached hydrogens (tertiary/aromatic N) is 1. The Morgan fingerprint density at radius 3 is 2.54 bits per heavy atom. The molecule has 0 aromatic heterocycles. The summed E-state index contributed by atoms with van der Waals surface area (Å²) in [5.41, 5.74) is 0.814. The summed E-state index contributed by atoms with van der Waals surface area (Å²) in [5, 5.41) is 9.46. The third-order valence-corrected chi connectivity index (χ3v) is 2.51. The first-order valence-electron chi connectivity index (χ1n) is 3.93. The summed E-state index contributed by atoms with van der Waals surface area (Å²) in [6.07, 6.45) is 1.36. The Hall–Kier alpha value is -0.980. The highest BCUT2D eigenvalue weighted by Crippen LogP contribution is 2.19. The molecule has 0 aliphatic heterocycles. The third-order valence-electron chi connectivity index (χ3n) is 1.76. The topological polar surface area (TPSA) is 24.6 Å². The Balaban J connectivity index is 2.74. The molecule has 13 heavy (non-hydrogen) atoms. The summed E-state index contributed by atoms with van der Waals surface area (Å²) in [6, 6.07) is 7.63. The second kappa shape index (κ2) is 4.90. The van der Waals surface area contributed by atoms with Crippen LogP contribution in [-0.4, -0.2) is 17.9 Å². The van der Waals surface area contributed by atoms with Crippen molar-refractivity contribution in [1.82, 2.24) is 0 Å². The number of benzene rings is 1. The van der Waals surface area contributed by atoms with E-state index in [1.807, 2.05) is 30.5 Å². The summed E-state index contributed by atoms with van der Waals surface area (Å²) in [5.74, 6) is 0. The lowest BCUT2D eigenvalue weighted by molar-refractivity contribution is 0.195. The number of aliphatic hydroxyl groups is 1. The second-order valence-corrected chi connectivity index (χ2v) is 3.51. The first kappa shape index (κ1) is 10.1. The van der Waals surface area contributed by atoms with Gasteiger partial charge in [-0.3, -0.25) is 0 Å². The molecule has 1 unspecified atom stereocenters. The Morgan fingerprint density at radius 1 is 1.46 bits per heavy atom. The van der Waals surface area contributed by atoms with Gasteiger partial charge < -0.3 is 9.95 Å². The van der Waals surface area contributed by atoms with Crippen molar-refractivity contribution in [1.29, 1.82) is 0 Å². The molecular weight excluding hydrogens is 182 g/mol. The summed E-state index contributed by atoms with van der Waals surface area (Å²) >= 11 is 1.66. The number of aliphatic hydroxyl groups excluding tert-OH is 1. The molecule has 3 heteroatoms. The molecule has 0 fully saturated rings. The van der Waals surface area contributed by atoms with Crippen LogP contribution in [0.5, 0.6) is 0 Å². The van der Waals surface area contributed by atoms with E-state index in [1.165, 1.54) is 4.90 Å². The van der Waals surface area contributed by atoms with Crippen LogP contribution >= 0.6 is 11.8 Å². The van der Waals surface area contributed by atoms with E-state index in [0.717, 1.165) is 5.56 Å². The fourth-order valence-corrected chi connectivity index (χ4v) is 1.43. The van der Waals surface area contributed by atoms with Crippen molar-refractivity contribution in [3.8, 4) is 0 Å². The molecule has 0 saturated carbocycles. The van der Waals surface area contributed by atoms with Crippen molar-refractivity contribution >= 4 is 11.8 Å². The van der Waals surface area contributed by atoms with Crippen molar-refractivity contribution in [2.24, 2.45) is 0 Å². The van der Waals surface area contributed by atoms with Gasteiger partial charge in [0.05, 0.1) is 0 Å². The summed E-state index contributed by atoms with van der Waals surface area (Å²) in [6.45, 7) is 6.76. The molecule has 1 atom stereocenters. The SMILES string of the molecule is [C-]#[N+]CC(O)c1ccc(SC)cc1. The quantitative estimate of drug-likeness (QED) is 0.588. The van der Waals surface area contributed by atoms with Gasteiger partial charge in [0.1, 0.15) is 0 Å². The predicted octanol–water partition coefficient (Wildman–Crippen LogP) is 2.36. The zero-order valence-corrected chi connectivity index (χ0v) is 8.21. The van der Waals surface area contributed by atoms with E-state index in [9.17, 15) is 5.11 Å². The average Bonchev–Trinajstić information content (AvgIpc) is 2.18. The van der Waals surface area contributed by atoms with Gasteiger partial charge in [0, 0.05) is 4.90 Å². The molecule has 0 aliphatic carbocycles. The fourth-order valence-electron chi connectivity index (χ4n) is 1.02. The van der Waals surface area contributed by atoms with Crippen molar-refractivity contribution in [3.63, 3.8) is 0 Å². The van der Waals surface area contributed by atoms with E-state index in [2.05, 4.69) is 4.85 Å². The molecule has 1 aromatic carbocycles. The van der Waals surface area contributed by atoms with Gasteiger partial charge in [-0.2, -0.15) is 0 Å². The summed E-state index contributed by atoms with van der Waals surface area (Å²) < 4.78 is 0. The zero-order valence-electron chi connectivity index (χ0n) is 7.40. The average molecular weight is 193 g/mol. The molecule has 68 valence electrons. The molecule has 0 spiro atoms. The molecule has 0 saturated heterocycles. The molecule has 0 aliphatic rings. The van der Waals surface area contributed by atoms with E-state index >= 15 is 0 Å². The van der Waals surface area contributed by atoms with Gasteiger partial charge in [0.25, 0.3) is 0 Å². The Bertz CT molecular complexity index is 302. The Morgan fingerprint density at radius 2 is 2.08 bits per heavy atom. The number of hydrogen-bond donors (Lipinski definition) is 1. The van der Waals surface area contributed by atoms with Crippen LogP contribution in [0.4, 0.5) is 0 Å². The maximum atomic E-state index is 9.46. The number of hydrogen-bond acceptors (Lipinski definition) is 2. The van der Waals surface area contributed by atoms with Crippen molar-refractivity contribution in [2.45, 2.75) is 11.0 Å². The van der Waals surface area contributed by atoms with Crippen LogP contribution in [-0.2, 0) is 0 Å². The van der Waals surface area contributed by atoms with Gasteiger partial charge in [0.15, 0.2) is 6.10 Å². The van der Waals surface area contributed by atoms with Crippen molar-refractivity contribution < 1.29 is 5.11 Å². The molecule has 1 rings (SSSR count). The second-order valence-electron chi connectivity index (χ2n) is 2.63. The molecule has 2 nitrogen and oxygen atoms in total. The van der Waals surface area contributed by atoms with Crippen molar-refractivity contribution in [3.05, 3.63) is 41.2 Å². The van der Waals surface area contributed by atoms with E-state index < -0.39 is 6.10 Å². The van der Waals surface area contributed by atoms with Crippen LogP contribution in [0, 0.1) is 6.57 Å². The van der Waals surface area contributed by atoms with Crippen LogP contribution in [0.2, 0.25) is 0 Å². The molecule has 0 bridgehead atoms. The minimum atomic E-state index is -0.645. The summed E-state index contributed by atoms with van der Waals surface area (Å²) in [7, 11) is 0. The lowest BCUT2D eigenvalue weighted by Gasteiger charge is -2.04. The largest absolute Gasteiger partial charge is 0.381 e. The van der Waals surface area contributed by atoms with Crippen LogP contribution in [0.1, 0.15) is 11.7 Å². The maximum absolute atomic E-state index is 9.46. The first-order valence-corrected chi connectivity index (χ1v) is 5.15. The molecule has 0 amide bonds. The standard InChI is InChI=1S/C10H11NOS/c1-11-7-10(12)8-3-5-9(13-2)6-4-8/h3-6,10,12H,7H2,2H3. The Labute approximate surface area is 82.4 Å². The lowest BCUT2D eigenvalue weighted by Crippen LogP contribution is -1.99. The molecule has 0 radical (unpaired) electrons. The number of rotatable bonds is 3. The Kier molecular flexibility index (Phi) is 3.81. The normalized spacial score (nSPS) is 12.1. The van der Waals surface area contributed by atoms with Gasteiger partial charge >= 0.3 is 0 Å². The monoisotopic (exact) mass is 193 g/mol. The lowest BCUT2D eigenvalue weighted by atomic mass is 10.1. The minimum absolute atomic E-state index is 0.138. The predicted molar refractivity (Wildman–Crippen MR) is 54.7 cm³/mol. The smallest absolute Gasteiger partial charge is 0.244 e. The van der Waals surface area contributed by atoms with Gasteiger partial charge in [-0.15, -0.1) is 11.8 Å². The number of thioether (sulfide) groups is 1. The minimum Gasteiger partial charge on any atom is -0.381 e. The van der Waals surface area contributed by atoms with Crippen LogP contribution in [0.3, 0.4) is 0 Å². The van der Waals surface area contributed by atoms with E-state index in [0.29, 0.717) is 0 Å². The van der Waals surface area contributed by atoms with E-state index in [-0.39, 0.29) is 6.54 Å². The highest BCUT2D eigenvalue weighted by atomic mass is 32.2. The van der Waals surface area contributed by atoms with Crippen molar-refractivity contribution in [2.75, 3.05) is 12.8 Å². The third kappa shape index (κ3) is 2.76. The maximum Gasteiger partial charge on any atom is 0.244 e. The van der Waals surface area contributed by atoms with Crippen LogP contribution < -0.4 is 0 Å². The van der Waals surface area contributed by atoms with Gasteiger partial charge in [-0.05, 0) is 24.0 Å². The molecule has 0 heterocycles.